The van der Waals surface area contributed by atoms with E-state index >= 15 is 4.79 Å². The Morgan fingerprint density at radius 2 is 1.52 bits per heavy atom. The van der Waals surface area contributed by atoms with Crippen molar-refractivity contribution in [3.8, 4) is 0 Å². The molecule has 0 aromatic heterocycles. The lowest BCUT2D eigenvalue weighted by molar-refractivity contribution is -0.352. The average molecular weight is 891 g/mol. The van der Waals surface area contributed by atoms with Crippen LogP contribution in [0.2, 0.25) is 0 Å². The number of ketones is 2. The minimum absolute atomic E-state index is 0.0754. The average Bonchev–Trinajstić information content (AvgIpc) is 3.24. The first-order valence-electron chi connectivity index (χ1n) is 22.1. The molecule has 1 N–H and O–H groups in total. The molecule has 65 heavy (non-hydrogen) atoms. The quantitative estimate of drug-likeness (QED) is 0.0635. The number of hydrogen-bond acceptors (Lipinski definition) is 13. The van der Waals surface area contributed by atoms with Gasteiger partial charge in [0.05, 0.1) is 24.7 Å². The third kappa shape index (κ3) is 8.50. The Bertz CT molecular complexity index is 2430. The maximum Gasteiger partial charge on any atom is 0.331 e. The lowest BCUT2D eigenvalue weighted by atomic mass is 9.44. The summed E-state index contributed by atoms with van der Waals surface area (Å²) in [6, 6.07) is 23.4. The molecule has 3 aromatic carbocycles. The van der Waals surface area contributed by atoms with Gasteiger partial charge in [0.25, 0.3) is 0 Å². The highest BCUT2D eigenvalue weighted by molar-refractivity contribution is 6.09. The van der Waals surface area contributed by atoms with Crippen LogP contribution in [-0.2, 0) is 59.0 Å². The Morgan fingerprint density at radius 3 is 2.12 bits per heavy atom. The van der Waals surface area contributed by atoms with Gasteiger partial charge in [0.1, 0.15) is 23.9 Å². The number of Topliss-reactive ketones (excluding diaryl/α,β-unsaturated/α-hetero) is 1. The van der Waals surface area contributed by atoms with Gasteiger partial charge in [-0.1, -0.05) is 100 Å². The van der Waals surface area contributed by atoms with Crippen LogP contribution in [0.15, 0.2) is 96.1 Å². The summed E-state index contributed by atoms with van der Waals surface area (Å²) < 4.78 is 37.4. The lowest BCUT2D eigenvalue weighted by Crippen LogP contribution is -2.82. The second-order valence-corrected chi connectivity index (χ2v) is 18.9. The molecule has 2 bridgehead atoms. The molecule has 13 heteroatoms. The molecule has 0 amide bonds. The molecule has 0 unspecified atom stereocenters. The zero-order valence-electron chi connectivity index (χ0n) is 38.4. The van der Waals surface area contributed by atoms with Gasteiger partial charge in [-0.3, -0.25) is 24.0 Å². The highest BCUT2D eigenvalue weighted by atomic mass is 16.6. The molecule has 1 saturated heterocycles. The van der Waals surface area contributed by atoms with Crippen molar-refractivity contribution in [2.75, 3.05) is 6.61 Å². The second kappa shape index (κ2) is 17.9. The van der Waals surface area contributed by atoms with E-state index in [1.807, 2.05) is 42.5 Å². The highest BCUT2D eigenvalue weighted by Gasteiger charge is 2.78. The Labute approximate surface area is 379 Å². The van der Waals surface area contributed by atoms with Gasteiger partial charge in [-0.25, -0.2) is 4.79 Å². The Morgan fingerprint density at radius 1 is 0.846 bits per heavy atom. The van der Waals surface area contributed by atoms with Crippen molar-refractivity contribution in [1.82, 2.24) is 0 Å². The third-order valence-corrected chi connectivity index (χ3v) is 14.1. The Kier molecular flexibility index (Phi) is 13.0. The zero-order valence-corrected chi connectivity index (χ0v) is 38.4. The predicted molar refractivity (Wildman–Crippen MR) is 237 cm³/mol. The van der Waals surface area contributed by atoms with E-state index in [9.17, 15) is 29.1 Å². The molecule has 3 aromatic rings. The Balaban J connectivity index is 1.34. The van der Waals surface area contributed by atoms with Crippen LogP contribution in [0, 0.1) is 16.7 Å². The first-order chi connectivity index (χ1) is 30.6. The number of carbonyl (C=O) groups is 6. The van der Waals surface area contributed by atoms with Crippen molar-refractivity contribution in [2.24, 2.45) is 16.7 Å². The van der Waals surface area contributed by atoms with Gasteiger partial charge in [-0.05, 0) is 59.7 Å². The van der Waals surface area contributed by atoms with Gasteiger partial charge in [-0.2, -0.15) is 0 Å². The van der Waals surface area contributed by atoms with Crippen LogP contribution >= 0.6 is 0 Å². The van der Waals surface area contributed by atoms with Crippen LogP contribution in [0.4, 0.5) is 0 Å². The van der Waals surface area contributed by atoms with Crippen LogP contribution in [0.5, 0.6) is 0 Å². The SMILES string of the molecule is CC(=O)O[C@H]1C(=O)[C@]2(C)[C@@H](OC(=O)/C=C/c3cccc(C(=O)c4ccc(C(C)C)cc4)c3)C[C@H]3OC[C@@]3(OC(C)=O)[C@H]2[C@H](OCc2ccccc2)[C@]2(O)C[C@H](OC(C)=O)C(C)=C1C2(C)C. The lowest BCUT2D eigenvalue weighted by Gasteiger charge is -2.68. The van der Waals surface area contributed by atoms with Crippen LogP contribution < -0.4 is 0 Å². The molecular weight excluding hydrogens is 833 g/mol. The second-order valence-electron chi connectivity index (χ2n) is 18.9. The van der Waals surface area contributed by atoms with Crippen LogP contribution in [0.25, 0.3) is 6.08 Å². The molecule has 3 fully saturated rings. The summed E-state index contributed by atoms with van der Waals surface area (Å²) in [5, 5.41) is 13.7. The highest BCUT2D eigenvalue weighted by Crippen LogP contribution is 2.65. The third-order valence-electron chi connectivity index (χ3n) is 14.1. The van der Waals surface area contributed by atoms with E-state index in [2.05, 4.69) is 13.8 Å². The predicted octanol–water partition coefficient (Wildman–Crippen LogP) is 7.20. The summed E-state index contributed by atoms with van der Waals surface area (Å²) in [6.45, 7) is 14.2. The molecule has 1 heterocycles. The maximum atomic E-state index is 15.9. The number of esters is 4. The smallest absolute Gasteiger partial charge is 0.331 e. The summed E-state index contributed by atoms with van der Waals surface area (Å²) in [5.41, 5.74) is -3.10. The summed E-state index contributed by atoms with van der Waals surface area (Å²) in [5.74, 6) is -4.90. The summed E-state index contributed by atoms with van der Waals surface area (Å²) in [6.07, 6.45) is -4.10. The van der Waals surface area contributed by atoms with Crippen molar-refractivity contribution in [3.63, 3.8) is 0 Å². The van der Waals surface area contributed by atoms with Gasteiger partial charge in [-0.15, -0.1) is 0 Å². The van der Waals surface area contributed by atoms with Crippen molar-refractivity contribution in [3.05, 3.63) is 124 Å². The van der Waals surface area contributed by atoms with E-state index in [4.69, 9.17) is 28.4 Å². The molecular formula is C52H58O13. The molecule has 0 spiro atoms. The van der Waals surface area contributed by atoms with Crippen molar-refractivity contribution in [1.29, 1.82) is 0 Å². The largest absolute Gasteiger partial charge is 0.458 e. The van der Waals surface area contributed by atoms with Crippen molar-refractivity contribution in [2.45, 2.75) is 129 Å². The summed E-state index contributed by atoms with van der Waals surface area (Å²) >= 11 is 0. The monoisotopic (exact) mass is 890 g/mol. The van der Waals surface area contributed by atoms with Gasteiger partial charge in [0.15, 0.2) is 23.3 Å². The number of aliphatic hydroxyl groups is 1. The standard InChI is InChI=1S/C52H58O13/c1-29(2)36-19-21-37(22-20-36)44(57)38-17-13-16-34(24-38)18-23-42(56)64-40-25-41-51(28-61-41,65-33(6)55)46-48(60-27-35-14-11-10-12-15-35)52(59)26-39(62-31(4)53)30(3)43(49(52,7)8)45(63-32(5)54)47(58)50(40,46)9/h10-24,29,39-41,45-46,48,59H,25-28H2,1-9H3/b23-18+/t39-,40-,41+,45+,46-,48-,50+,51-,52+/m0/s1. The first kappa shape index (κ1) is 47.2. The van der Waals surface area contributed by atoms with Gasteiger partial charge in [0, 0.05) is 62.1 Å². The molecule has 3 aliphatic carbocycles. The van der Waals surface area contributed by atoms with E-state index in [1.54, 1.807) is 64.1 Å². The van der Waals surface area contributed by atoms with Gasteiger partial charge < -0.3 is 33.5 Å². The number of hydrogen-bond donors (Lipinski definition) is 1. The molecule has 9 atom stereocenters. The zero-order chi connectivity index (χ0) is 47.2. The summed E-state index contributed by atoms with van der Waals surface area (Å²) in [7, 11) is 0. The van der Waals surface area contributed by atoms with Crippen LogP contribution in [0.3, 0.4) is 0 Å². The molecule has 344 valence electrons. The number of benzene rings is 3. The number of fused-ring (bicyclic) bond motifs is 5. The van der Waals surface area contributed by atoms with E-state index < -0.39 is 88.1 Å². The number of ether oxygens (including phenoxy) is 6. The molecule has 1 aliphatic heterocycles. The van der Waals surface area contributed by atoms with Gasteiger partial charge >= 0.3 is 23.9 Å². The van der Waals surface area contributed by atoms with Crippen LogP contribution in [0.1, 0.15) is 114 Å². The fourth-order valence-corrected chi connectivity index (χ4v) is 10.8. The molecule has 7 rings (SSSR count). The van der Waals surface area contributed by atoms with Crippen molar-refractivity contribution >= 4 is 41.5 Å². The minimum atomic E-state index is -2.04. The fraction of sp³-hybridized carbons (Fsp3) is 0.462. The molecule has 2 saturated carbocycles. The van der Waals surface area contributed by atoms with E-state index in [1.165, 1.54) is 26.0 Å². The molecule has 4 aliphatic rings. The normalized spacial score (nSPS) is 30.2. The first-order valence-corrected chi connectivity index (χ1v) is 22.1. The number of carbonyl (C=O) groups excluding carboxylic acids is 6. The summed E-state index contributed by atoms with van der Waals surface area (Å²) in [4.78, 5) is 82.5. The van der Waals surface area contributed by atoms with Gasteiger partial charge in [0.2, 0.25) is 0 Å². The van der Waals surface area contributed by atoms with Crippen molar-refractivity contribution < 1.29 is 62.3 Å². The molecule has 0 radical (unpaired) electrons. The fourth-order valence-electron chi connectivity index (χ4n) is 10.8. The minimum Gasteiger partial charge on any atom is -0.458 e. The van der Waals surface area contributed by atoms with Crippen LogP contribution in [-0.4, -0.2) is 88.9 Å². The number of rotatable bonds is 12. The topological polar surface area (TPSA) is 178 Å². The Hall–Kier alpha value is -5.76. The maximum absolute atomic E-state index is 15.9. The molecule has 13 nitrogen and oxygen atoms in total. The van der Waals surface area contributed by atoms with E-state index in [0.29, 0.717) is 28.2 Å². The van der Waals surface area contributed by atoms with E-state index in [-0.39, 0.29) is 37.4 Å². The van der Waals surface area contributed by atoms with E-state index in [0.717, 1.165) is 18.1 Å².